The Bertz CT molecular complexity index is 517. The summed E-state index contributed by atoms with van der Waals surface area (Å²) < 4.78 is 4.74. The predicted molar refractivity (Wildman–Crippen MR) is 79.0 cm³/mol. The molecule has 0 spiro atoms. The number of carbonyl (C=O) groups is 1. The van der Waals surface area contributed by atoms with Crippen molar-refractivity contribution >= 4 is 23.5 Å². The van der Waals surface area contributed by atoms with E-state index in [0.717, 1.165) is 5.69 Å². The van der Waals surface area contributed by atoms with E-state index in [1.165, 1.54) is 24.7 Å². The highest BCUT2D eigenvalue weighted by Gasteiger charge is 2.20. The van der Waals surface area contributed by atoms with Crippen molar-refractivity contribution in [3.8, 4) is 6.07 Å². The molecule has 5 nitrogen and oxygen atoms in total. The molecule has 0 radical (unpaired) electrons. The molecule has 0 saturated heterocycles. The fraction of sp³-hybridized carbons (Fsp3) is 0.571. The summed E-state index contributed by atoms with van der Waals surface area (Å²) in [5.74, 6) is -0.575. The largest absolute Gasteiger partial charge is 0.467 e. The van der Waals surface area contributed by atoms with Crippen LogP contribution in [0.4, 0.5) is 0 Å². The molecule has 0 N–H and O–H groups in total. The van der Waals surface area contributed by atoms with Crippen LogP contribution in [0.25, 0.3) is 0 Å². The maximum atomic E-state index is 11.7. The number of nitriles is 1. The van der Waals surface area contributed by atoms with E-state index in [0.29, 0.717) is 17.3 Å². The van der Waals surface area contributed by atoms with Crippen molar-refractivity contribution in [2.75, 3.05) is 7.11 Å². The fourth-order valence-electron chi connectivity index (χ4n) is 1.66. The molecule has 0 unspecified atom stereocenters. The summed E-state index contributed by atoms with van der Waals surface area (Å²) in [6, 6.07) is 1.59. The van der Waals surface area contributed by atoms with Crippen molar-refractivity contribution in [3.05, 3.63) is 16.1 Å². The van der Waals surface area contributed by atoms with Gasteiger partial charge in [-0.3, -0.25) is 4.99 Å². The number of aliphatic imine (C=N–C) groups is 1. The zero-order valence-corrected chi connectivity index (χ0v) is 13.0. The first-order chi connectivity index (χ1) is 9.47. The lowest BCUT2D eigenvalue weighted by Crippen LogP contribution is -2.22. The normalized spacial score (nSPS) is 14.2. The Hall–Kier alpha value is -1.74. The van der Waals surface area contributed by atoms with E-state index in [-0.39, 0.29) is 5.97 Å². The van der Waals surface area contributed by atoms with Gasteiger partial charge in [0.25, 0.3) is 0 Å². The van der Waals surface area contributed by atoms with E-state index < -0.39 is 12.0 Å². The molecule has 1 heterocycles. The van der Waals surface area contributed by atoms with Crippen molar-refractivity contribution < 1.29 is 9.53 Å². The van der Waals surface area contributed by atoms with E-state index in [1.54, 1.807) is 0 Å². The van der Waals surface area contributed by atoms with E-state index in [4.69, 9.17) is 4.74 Å². The van der Waals surface area contributed by atoms with Crippen LogP contribution in [0.5, 0.6) is 0 Å². The molecule has 0 saturated carbocycles. The number of hydrogen-bond donors (Lipinski definition) is 0. The third-order valence-electron chi connectivity index (χ3n) is 2.62. The number of esters is 1. The monoisotopic (exact) mass is 293 g/mol. The average molecular weight is 293 g/mol. The van der Waals surface area contributed by atoms with Gasteiger partial charge in [-0.25, -0.2) is 9.78 Å². The number of aryl methyl sites for hydroxylation is 1. The van der Waals surface area contributed by atoms with Crippen molar-refractivity contribution in [1.29, 1.82) is 5.26 Å². The van der Waals surface area contributed by atoms with Crippen LogP contribution >= 0.6 is 11.3 Å². The first-order valence-electron chi connectivity index (χ1n) is 6.40. The molecule has 6 heteroatoms. The summed E-state index contributed by atoms with van der Waals surface area (Å²) in [6.45, 7) is 5.90. The van der Waals surface area contributed by atoms with Crippen LogP contribution in [0.3, 0.4) is 0 Å². The Labute approximate surface area is 123 Å². The lowest BCUT2D eigenvalue weighted by Gasteiger charge is -2.12. The Morgan fingerprint density at radius 3 is 2.80 bits per heavy atom. The highest BCUT2D eigenvalue weighted by molar-refractivity contribution is 7.09. The molecule has 108 valence electrons. The van der Waals surface area contributed by atoms with Gasteiger partial charge in [-0.15, -0.1) is 11.3 Å². The molecule has 0 fully saturated rings. The van der Waals surface area contributed by atoms with E-state index in [2.05, 4.69) is 16.0 Å². The number of rotatable bonds is 6. The molecular weight excluding hydrogens is 274 g/mol. The van der Waals surface area contributed by atoms with Gasteiger partial charge in [-0.1, -0.05) is 13.8 Å². The van der Waals surface area contributed by atoms with Crippen molar-refractivity contribution in [1.82, 2.24) is 4.98 Å². The van der Waals surface area contributed by atoms with Gasteiger partial charge in [0.15, 0.2) is 0 Å². The third-order valence-corrected chi connectivity index (χ3v) is 3.67. The van der Waals surface area contributed by atoms with Crippen LogP contribution in [-0.2, 0) is 9.53 Å². The van der Waals surface area contributed by atoms with Gasteiger partial charge in [0, 0.05) is 17.3 Å². The van der Waals surface area contributed by atoms with Crippen molar-refractivity contribution in [2.45, 2.75) is 39.2 Å². The van der Waals surface area contributed by atoms with Crippen molar-refractivity contribution in [2.24, 2.45) is 10.9 Å². The van der Waals surface area contributed by atoms with Gasteiger partial charge in [0.05, 0.1) is 13.2 Å². The van der Waals surface area contributed by atoms with E-state index in [9.17, 15) is 10.1 Å². The molecule has 0 aliphatic carbocycles. The van der Waals surface area contributed by atoms with Gasteiger partial charge in [-0.2, -0.15) is 5.26 Å². The summed E-state index contributed by atoms with van der Waals surface area (Å²) in [5.41, 5.74) is 0.880. The van der Waals surface area contributed by atoms with Crippen LogP contribution in [0.1, 0.15) is 36.9 Å². The van der Waals surface area contributed by atoms with Crippen LogP contribution in [0.15, 0.2) is 10.4 Å². The summed E-state index contributed by atoms with van der Waals surface area (Å²) in [6.07, 6.45) is 2.10. The fourth-order valence-corrected chi connectivity index (χ4v) is 2.46. The number of nitrogens with zero attached hydrogens (tertiary/aromatic N) is 3. The summed E-state index contributed by atoms with van der Waals surface area (Å²) in [5, 5.41) is 11.8. The minimum atomic E-state index is -0.558. The van der Waals surface area contributed by atoms with Gasteiger partial charge >= 0.3 is 5.97 Å². The second kappa shape index (κ2) is 7.75. The minimum absolute atomic E-state index is 0.318. The number of aromatic nitrogens is 1. The van der Waals surface area contributed by atoms with Crippen LogP contribution < -0.4 is 0 Å². The Kier molecular flexibility index (Phi) is 6.32. The average Bonchev–Trinajstić information content (AvgIpc) is 2.83. The second-order valence-electron chi connectivity index (χ2n) is 4.90. The molecule has 1 rings (SSSR count). The lowest BCUT2D eigenvalue weighted by molar-refractivity contribution is -0.142. The Balaban J connectivity index is 2.84. The third kappa shape index (κ3) is 4.74. The van der Waals surface area contributed by atoms with Crippen LogP contribution in [0.2, 0.25) is 0 Å². The molecule has 20 heavy (non-hydrogen) atoms. The maximum absolute atomic E-state index is 11.7. The SMILES string of the molecule is COC(=O)[C@@H](CC(C)C)N=C[C@H](C#N)c1nc(C)cs1. The maximum Gasteiger partial charge on any atom is 0.330 e. The topological polar surface area (TPSA) is 75.3 Å². The zero-order valence-electron chi connectivity index (χ0n) is 12.2. The van der Waals surface area contributed by atoms with Crippen LogP contribution in [-0.4, -0.2) is 30.3 Å². The molecule has 1 aromatic heterocycles. The highest BCUT2D eigenvalue weighted by atomic mass is 32.1. The Morgan fingerprint density at radius 1 is 1.65 bits per heavy atom. The van der Waals surface area contributed by atoms with Gasteiger partial charge < -0.3 is 4.74 Å². The number of hydrogen-bond acceptors (Lipinski definition) is 6. The lowest BCUT2D eigenvalue weighted by atomic mass is 10.0. The molecule has 0 aliphatic heterocycles. The summed E-state index contributed by atoms with van der Waals surface area (Å²) in [7, 11) is 1.34. The molecule has 0 aromatic carbocycles. The molecule has 0 aliphatic rings. The number of carbonyl (C=O) groups excluding carboxylic acids is 1. The number of methoxy groups -OCH3 is 1. The highest BCUT2D eigenvalue weighted by Crippen LogP contribution is 2.19. The second-order valence-corrected chi connectivity index (χ2v) is 5.79. The van der Waals surface area contributed by atoms with Crippen LogP contribution in [0, 0.1) is 24.2 Å². The quantitative estimate of drug-likeness (QED) is 0.597. The van der Waals surface area contributed by atoms with Gasteiger partial charge in [0.2, 0.25) is 0 Å². The zero-order chi connectivity index (χ0) is 15.1. The first-order valence-corrected chi connectivity index (χ1v) is 7.28. The van der Waals surface area contributed by atoms with Gasteiger partial charge in [-0.05, 0) is 19.3 Å². The molecule has 2 atom stereocenters. The smallest absolute Gasteiger partial charge is 0.330 e. The molecule has 0 bridgehead atoms. The van der Waals surface area contributed by atoms with E-state index in [1.807, 2.05) is 26.2 Å². The summed E-state index contributed by atoms with van der Waals surface area (Å²) >= 11 is 1.42. The first kappa shape index (κ1) is 16.3. The standard InChI is InChI=1S/C14H19N3O2S/c1-9(2)5-12(14(18)19-4)16-7-11(6-15)13-17-10(3)8-20-13/h7-9,11-12H,5H2,1-4H3/t11-,12+/m0/s1. The number of ether oxygens (including phenoxy) is 1. The molecular formula is C14H19N3O2S. The molecule has 0 amide bonds. The Morgan fingerprint density at radius 2 is 2.35 bits per heavy atom. The minimum Gasteiger partial charge on any atom is -0.467 e. The number of thiazole rings is 1. The van der Waals surface area contributed by atoms with Gasteiger partial charge in [0.1, 0.15) is 17.0 Å². The van der Waals surface area contributed by atoms with Crippen molar-refractivity contribution in [3.63, 3.8) is 0 Å². The van der Waals surface area contributed by atoms with E-state index >= 15 is 0 Å². The molecule has 1 aromatic rings. The summed E-state index contributed by atoms with van der Waals surface area (Å²) in [4.78, 5) is 20.2. The predicted octanol–water partition coefficient (Wildman–Crippen LogP) is 2.72.